The number of aliphatic hydroxyl groups excluding tert-OH is 6. The van der Waals surface area contributed by atoms with E-state index in [0.717, 1.165) is 37.3 Å². The summed E-state index contributed by atoms with van der Waals surface area (Å²) in [6.07, 6.45) is -5.86. The summed E-state index contributed by atoms with van der Waals surface area (Å²) in [5.74, 6) is -3.14. The highest BCUT2D eigenvalue weighted by Gasteiger charge is 2.72. The first-order chi connectivity index (χ1) is 30.8. The molecule has 1 aromatic carbocycles. The Bertz CT molecular complexity index is 2080. The summed E-state index contributed by atoms with van der Waals surface area (Å²) in [4.78, 5) is 40.0. The van der Waals surface area contributed by atoms with E-state index in [4.69, 9.17) is 23.7 Å². The average molecular weight is 927 g/mol. The molecule has 8 N–H and O–H groups in total. The van der Waals surface area contributed by atoms with Crippen LogP contribution in [-0.4, -0.2) is 133 Å². The molecule has 6 fully saturated rings. The molecule has 5 aliphatic carbocycles. The fourth-order valence-electron chi connectivity index (χ4n) is 14.4. The van der Waals surface area contributed by atoms with Gasteiger partial charge in [0.05, 0.1) is 18.8 Å². The lowest BCUT2D eigenvalue weighted by Gasteiger charge is -2.71. The van der Waals surface area contributed by atoms with Gasteiger partial charge in [0.15, 0.2) is 18.5 Å². The summed E-state index contributed by atoms with van der Waals surface area (Å²) in [5, 5.41) is 85.3. The normalized spacial score (nSPS) is 46.1. The third-order valence-corrected chi connectivity index (χ3v) is 18.3. The van der Waals surface area contributed by atoms with E-state index in [1.165, 1.54) is 18.2 Å². The molecule has 16 nitrogen and oxygen atoms in total. The lowest BCUT2D eigenvalue weighted by Crippen LogP contribution is -2.68. The van der Waals surface area contributed by atoms with Crippen molar-refractivity contribution in [1.29, 1.82) is 0 Å². The second kappa shape index (κ2) is 17.2. The van der Waals surface area contributed by atoms with Crippen LogP contribution in [0.5, 0.6) is 5.75 Å². The zero-order valence-electron chi connectivity index (χ0n) is 39.0. The molecular weight excluding hydrogens is 857 g/mol. The van der Waals surface area contributed by atoms with E-state index in [2.05, 4.69) is 54.5 Å². The van der Waals surface area contributed by atoms with Gasteiger partial charge in [0.2, 0.25) is 6.29 Å². The van der Waals surface area contributed by atoms with Gasteiger partial charge in [-0.2, -0.15) is 0 Å². The number of hydrogen-bond donors (Lipinski definition) is 8. The standard InChI is InChI=1S/C50H70O16/c1-45(2)20-21-50(44(61)66-43-40(35(55)29(52)24-62-43)64-34(54)15-10-25-8-11-26(51)12-9-25)28(22-45)27-13-14-31-47(5)18-17-33(63-42-38(58)36(56)37(57)39(65-42)41(59)60)46(3,4)30(47)16-19-48(31,6)49(27,7)23-32(50)53/h8-13,15,28-33,35-40,42-43,51-53,55-58H,14,16-24H2,1-7H3,(H,59,60)/b15-10+/t28-,29+,30-,31+,32+,33-,35-,36-,37-,38+,39-,40+,42+,43-,47-,48+,49+,50+/m0/s1. The Morgan fingerprint density at radius 2 is 1.47 bits per heavy atom. The van der Waals surface area contributed by atoms with Gasteiger partial charge in [0.1, 0.15) is 41.7 Å². The van der Waals surface area contributed by atoms with E-state index in [1.807, 2.05) is 0 Å². The minimum atomic E-state index is -1.82. The number of carboxylic acids is 1. The summed E-state index contributed by atoms with van der Waals surface area (Å²) in [7, 11) is 0. The number of aliphatic hydroxyl groups is 6. The SMILES string of the molecule is CC1(C)CC[C@]2(C(=O)O[C@@H]3OC[C@@H](O)[C@H](O)[C@H]3OC(=O)/C=C/c3ccc(O)cc3)[C@H](O)C[C@]3(C)C(=CC[C@@H]4[C@@]5(C)CC[C@H](O[C@@H]6O[C@H](C(=O)O)[C@@H](O)[C@H](O)[C@H]6O)C(C)(C)[C@@H]5CC[C@]43C)[C@@H]2C1. The number of fused-ring (bicyclic) bond motifs is 7. The highest BCUT2D eigenvalue weighted by atomic mass is 16.7. The molecule has 2 aliphatic heterocycles. The number of phenols is 1. The molecular formula is C50H70O16. The summed E-state index contributed by atoms with van der Waals surface area (Å²) in [5.41, 5.74) is -1.39. The number of carbonyl (C=O) groups excluding carboxylic acids is 2. The fourth-order valence-corrected chi connectivity index (χ4v) is 14.4. The Hall–Kier alpha value is -3.45. The summed E-state index contributed by atoms with van der Waals surface area (Å²) < 4.78 is 29.5. The van der Waals surface area contributed by atoms with Crippen LogP contribution in [-0.2, 0) is 38.1 Å². The van der Waals surface area contributed by atoms with Crippen LogP contribution in [0.1, 0.15) is 112 Å². The number of phenolic OH excluding ortho intramolecular Hbond substituents is 1. The third-order valence-electron chi connectivity index (χ3n) is 18.3. The molecule has 66 heavy (non-hydrogen) atoms. The number of rotatable bonds is 8. The maximum atomic E-state index is 15.0. The number of esters is 2. The summed E-state index contributed by atoms with van der Waals surface area (Å²) in [6.45, 7) is 15.2. The molecule has 0 unspecified atom stereocenters. The van der Waals surface area contributed by atoms with Crippen molar-refractivity contribution < 1.29 is 78.9 Å². The first kappa shape index (κ1) is 49.0. The topological polar surface area (TPSA) is 259 Å². The Morgan fingerprint density at radius 1 is 0.773 bits per heavy atom. The lowest BCUT2D eigenvalue weighted by atomic mass is 9.33. The van der Waals surface area contributed by atoms with Gasteiger partial charge in [-0.3, -0.25) is 4.79 Å². The van der Waals surface area contributed by atoms with Crippen molar-refractivity contribution in [2.24, 2.45) is 50.2 Å². The van der Waals surface area contributed by atoms with E-state index in [0.29, 0.717) is 31.2 Å². The van der Waals surface area contributed by atoms with Crippen LogP contribution in [0, 0.1) is 50.2 Å². The minimum absolute atomic E-state index is 0.0543. The van der Waals surface area contributed by atoms with E-state index in [-0.39, 0.29) is 46.9 Å². The van der Waals surface area contributed by atoms with Crippen molar-refractivity contribution in [3.8, 4) is 5.75 Å². The number of benzene rings is 1. The molecule has 0 spiro atoms. The number of carboxylic acid groups (broad SMARTS) is 1. The van der Waals surface area contributed by atoms with E-state index in [1.54, 1.807) is 12.1 Å². The smallest absolute Gasteiger partial charge is 0.335 e. The Kier molecular flexibility index (Phi) is 12.8. The zero-order chi connectivity index (χ0) is 48.1. The van der Waals surface area contributed by atoms with Crippen molar-refractivity contribution >= 4 is 24.0 Å². The highest BCUT2D eigenvalue weighted by Crippen LogP contribution is 2.76. The van der Waals surface area contributed by atoms with E-state index in [9.17, 15) is 50.4 Å². The van der Waals surface area contributed by atoms with Crippen LogP contribution in [0.3, 0.4) is 0 Å². The van der Waals surface area contributed by atoms with Crippen molar-refractivity contribution in [1.82, 2.24) is 0 Å². The number of carbonyl (C=O) groups is 3. The number of ether oxygens (including phenoxy) is 5. The van der Waals surface area contributed by atoms with Crippen LogP contribution >= 0.6 is 0 Å². The molecule has 18 atom stereocenters. The van der Waals surface area contributed by atoms with Crippen LogP contribution in [0.25, 0.3) is 6.08 Å². The monoisotopic (exact) mass is 926 g/mol. The number of allylic oxidation sites excluding steroid dienone is 2. The molecule has 4 saturated carbocycles. The Morgan fingerprint density at radius 3 is 2.15 bits per heavy atom. The molecule has 0 bridgehead atoms. The van der Waals surface area contributed by atoms with Crippen LogP contribution < -0.4 is 0 Å². The minimum Gasteiger partial charge on any atom is -0.508 e. The predicted octanol–water partition coefficient (Wildman–Crippen LogP) is 3.99. The Labute approximate surface area is 385 Å². The molecule has 0 radical (unpaired) electrons. The van der Waals surface area contributed by atoms with Crippen molar-refractivity contribution in [3.05, 3.63) is 47.6 Å². The average Bonchev–Trinajstić information content (AvgIpc) is 3.24. The fraction of sp³-hybridized carbons (Fsp3) is 0.740. The van der Waals surface area contributed by atoms with Gasteiger partial charge in [0.25, 0.3) is 0 Å². The molecule has 8 rings (SSSR count). The predicted molar refractivity (Wildman–Crippen MR) is 234 cm³/mol. The highest BCUT2D eigenvalue weighted by molar-refractivity contribution is 5.87. The van der Waals surface area contributed by atoms with Gasteiger partial charge in [-0.25, -0.2) is 9.59 Å². The van der Waals surface area contributed by atoms with Gasteiger partial charge in [-0.1, -0.05) is 72.2 Å². The quantitative estimate of drug-likeness (QED) is 0.0794. The maximum absolute atomic E-state index is 15.0. The second-order valence-corrected chi connectivity index (χ2v) is 22.7. The second-order valence-electron chi connectivity index (χ2n) is 22.7. The van der Waals surface area contributed by atoms with Crippen LogP contribution in [0.4, 0.5) is 0 Å². The lowest BCUT2D eigenvalue weighted by molar-refractivity contribution is -0.324. The van der Waals surface area contributed by atoms with Gasteiger partial charge >= 0.3 is 17.9 Å². The molecule has 1 aromatic rings. The van der Waals surface area contributed by atoms with Crippen LogP contribution in [0.2, 0.25) is 0 Å². The summed E-state index contributed by atoms with van der Waals surface area (Å²) >= 11 is 0. The number of hydrogen-bond acceptors (Lipinski definition) is 15. The molecule has 2 saturated heterocycles. The third kappa shape index (κ3) is 7.83. The van der Waals surface area contributed by atoms with E-state index >= 15 is 4.79 Å². The van der Waals surface area contributed by atoms with E-state index < -0.39 is 108 Å². The first-order valence-corrected chi connectivity index (χ1v) is 23.6. The molecule has 0 amide bonds. The summed E-state index contributed by atoms with van der Waals surface area (Å²) in [6, 6.07) is 6.10. The maximum Gasteiger partial charge on any atom is 0.335 e. The Balaban J connectivity index is 1.05. The molecule has 366 valence electrons. The molecule has 16 heteroatoms. The zero-order valence-corrected chi connectivity index (χ0v) is 39.0. The number of aliphatic carboxylic acids is 1. The van der Waals surface area contributed by atoms with Gasteiger partial charge in [0, 0.05) is 6.08 Å². The largest absolute Gasteiger partial charge is 0.508 e. The van der Waals surface area contributed by atoms with Gasteiger partial charge in [-0.05, 0) is 126 Å². The molecule has 2 heterocycles. The van der Waals surface area contributed by atoms with Crippen LogP contribution in [0.15, 0.2) is 42.0 Å². The number of aromatic hydroxyl groups is 1. The van der Waals surface area contributed by atoms with Crippen molar-refractivity contribution in [2.75, 3.05) is 6.61 Å². The van der Waals surface area contributed by atoms with Gasteiger partial charge < -0.3 is 64.5 Å². The molecule has 7 aliphatic rings. The van der Waals surface area contributed by atoms with Crippen molar-refractivity contribution in [3.63, 3.8) is 0 Å². The molecule has 0 aromatic heterocycles. The van der Waals surface area contributed by atoms with Gasteiger partial charge in [-0.15, -0.1) is 0 Å². The van der Waals surface area contributed by atoms with Crippen molar-refractivity contribution in [2.45, 2.75) is 174 Å². The first-order valence-electron chi connectivity index (χ1n) is 23.6.